The number of carbonyl (C=O) groups excluding carboxylic acids is 1. The SMILES string of the molecule is O=C(CSc1nc2ccccc2c(=O)n1C[C@@H]1CCCO1)Nc1ccc(C2CCCCC2)cc1. The minimum atomic E-state index is -0.110. The fourth-order valence-corrected chi connectivity index (χ4v) is 5.82. The zero-order chi connectivity index (χ0) is 23.3. The molecule has 1 saturated carbocycles. The molecule has 178 valence electrons. The van der Waals surface area contributed by atoms with Crippen LogP contribution in [0.2, 0.25) is 0 Å². The molecule has 1 aliphatic heterocycles. The number of anilines is 1. The molecule has 1 N–H and O–H groups in total. The first-order valence-electron chi connectivity index (χ1n) is 12.3. The molecule has 0 unspecified atom stereocenters. The van der Waals surface area contributed by atoms with E-state index in [0.717, 1.165) is 25.1 Å². The van der Waals surface area contributed by atoms with Gasteiger partial charge in [-0.2, -0.15) is 0 Å². The minimum Gasteiger partial charge on any atom is -0.376 e. The van der Waals surface area contributed by atoms with Crippen LogP contribution in [-0.4, -0.2) is 33.9 Å². The summed E-state index contributed by atoms with van der Waals surface area (Å²) in [7, 11) is 0. The van der Waals surface area contributed by atoms with E-state index in [9.17, 15) is 9.59 Å². The van der Waals surface area contributed by atoms with Gasteiger partial charge < -0.3 is 10.1 Å². The lowest BCUT2D eigenvalue weighted by molar-refractivity contribution is -0.113. The van der Waals surface area contributed by atoms with Gasteiger partial charge in [0.05, 0.1) is 29.3 Å². The van der Waals surface area contributed by atoms with Gasteiger partial charge >= 0.3 is 0 Å². The summed E-state index contributed by atoms with van der Waals surface area (Å²) in [4.78, 5) is 30.6. The second-order valence-corrected chi connectivity index (χ2v) is 10.2. The summed E-state index contributed by atoms with van der Waals surface area (Å²) in [5, 5.41) is 4.13. The molecular formula is C27H31N3O3S. The number of rotatable bonds is 7. The Bertz CT molecular complexity index is 1200. The Morgan fingerprint density at radius 2 is 1.82 bits per heavy atom. The Hall–Kier alpha value is -2.64. The molecule has 2 aromatic carbocycles. The molecule has 1 aromatic heterocycles. The van der Waals surface area contributed by atoms with Gasteiger partial charge in [0.2, 0.25) is 5.91 Å². The molecule has 2 fully saturated rings. The fraction of sp³-hybridized carbons (Fsp3) is 0.444. The maximum absolute atomic E-state index is 13.2. The number of benzene rings is 2. The van der Waals surface area contributed by atoms with Gasteiger partial charge in [0.15, 0.2) is 5.16 Å². The smallest absolute Gasteiger partial charge is 0.262 e. The molecule has 3 aromatic rings. The van der Waals surface area contributed by atoms with E-state index in [2.05, 4.69) is 17.4 Å². The highest BCUT2D eigenvalue weighted by Crippen LogP contribution is 2.33. The van der Waals surface area contributed by atoms with Crippen LogP contribution in [0.4, 0.5) is 5.69 Å². The van der Waals surface area contributed by atoms with Crippen LogP contribution in [0.25, 0.3) is 10.9 Å². The number of nitrogens with zero attached hydrogens (tertiary/aromatic N) is 2. The highest BCUT2D eigenvalue weighted by Gasteiger charge is 2.21. The maximum Gasteiger partial charge on any atom is 0.262 e. The number of thioether (sulfide) groups is 1. The maximum atomic E-state index is 13.2. The number of para-hydroxylation sites is 1. The molecule has 34 heavy (non-hydrogen) atoms. The number of hydrogen-bond donors (Lipinski definition) is 1. The van der Waals surface area contributed by atoms with Gasteiger partial charge in [-0.05, 0) is 61.4 Å². The molecule has 6 nitrogen and oxygen atoms in total. The van der Waals surface area contributed by atoms with E-state index in [1.54, 1.807) is 10.6 Å². The van der Waals surface area contributed by atoms with Crippen molar-refractivity contribution in [2.45, 2.75) is 68.7 Å². The van der Waals surface area contributed by atoms with Crippen molar-refractivity contribution in [3.63, 3.8) is 0 Å². The standard InChI is InChI=1S/C27H31N3O3S/c31-25(28-21-14-12-20(13-15-21)19-7-2-1-3-8-19)18-34-27-29-24-11-5-4-10-23(24)26(32)30(27)17-22-9-6-16-33-22/h4-5,10-15,19,22H,1-3,6-9,16-18H2,(H,28,31)/t22-/m0/s1. The third-order valence-corrected chi connectivity index (χ3v) is 7.82. The van der Waals surface area contributed by atoms with Crippen LogP contribution in [0.15, 0.2) is 58.5 Å². The molecule has 5 rings (SSSR count). The summed E-state index contributed by atoms with van der Waals surface area (Å²) in [6.45, 7) is 1.19. The summed E-state index contributed by atoms with van der Waals surface area (Å²) in [6, 6.07) is 15.6. The van der Waals surface area contributed by atoms with Crippen LogP contribution >= 0.6 is 11.8 Å². The predicted molar refractivity (Wildman–Crippen MR) is 137 cm³/mol. The third kappa shape index (κ3) is 5.36. The van der Waals surface area contributed by atoms with Crippen molar-refractivity contribution in [2.75, 3.05) is 17.7 Å². The molecule has 1 atom stereocenters. The Morgan fingerprint density at radius 1 is 1.03 bits per heavy atom. The van der Waals surface area contributed by atoms with Gasteiger partial charge in [-0.3, -0.25) is 14.2 Å². The van der Waals surface area contributed by atoms with Crippen LogP contribution in [0.3, 0.4) is 0 Å². The summed E-state index contributed by atoms with van der Waals surface area (Å²) in [5.74, 6) is 0.718. The van der Waals surface area contributed by atoms with Gasteiger partial charge in [-0.1, -0.05) is 55.3 Å². The highest BCUT2D eigenvalue weighted by atomic mass is 32.2. The lowest BCUT2D eigenvalue weighted by Crippen LogP contribution is -2.29. The summed E-state index contributed by atoms with van der Waals surface area (Å²) in [5.41, 5.74) is 2.73. The molecule has 2 heterocycles. The van der Waals surface area contributed by atoms with E-state index in [0.29, 0.717) is 28.5 Å². The average molecular weight is 478 g/mol. The number of fused-ring (bicyclic) bond motifs is 1. The number of amides is 1. The molecule has 0 bridgehead atoms. The first-order chi connectivity index (χ1) is 16.7. The lowest BCUT2D eigenvalue weighted by Gasteiger charge is -2.22. The van der Waals surface area contributed by atoms with Crippen LogP contribution < -0.4 is 10.9 Å². The van der Waals surface area contributed by atoms with E-state index in [1.807, 2.05) is 30.3 Å². The Morgan fingerprint density at radius 3 is 2.59 bits per heavy atom. The first kappa shape index (κ1) is 23.1. The quantitative estimate of drug-likeness (QED) is 0.367. The summed E-state index contributed by atoms with van der Waals surface area (Å²) < 4.78 is 7.44. The number of ether oxygens (including phenoxy) is 1. The average Bonchev–Trinajstić information content (AvgIpc) is 3.39. The van der Waals surface area contributed by atoms with E-state index < -0.39 is 0 Å². The Kier molecular flexibility index (Phi) is 7.30. The van der Waals surface area contributed by atoms with Crippen molar-refractivity contribution in [1.29, 1.82) is 0 Å². The zero-order valence-electron chi connectivity index (χ0n) is 19.4. The zero-order valence-corrected chi connectivity index (χ0v) is 20.2. The number of nitrogens with one attached hydrogen (secondary N) is 1. The molecule has 2 aliphatic rings. The molecule has 1 amide bonds. The number of aromatic nitrogens is 2. The second-order valence-electron chi connectivity index (χ2n) is 9.26. The van der Waals surface area contributed by atoms with Gasteiger partial charge in [-0.25, -0.2) is 4.98 Å². The van der Waals surface area contributed by atoms with Crippen molar-refractivity contribution in [1.82, 2.24) is 9.55 Å². The number of hydrogen-bond acceptors (Lipinski definition) is 5. The largest absolute Gasteiger partial charge is 0.376 e. The molecule has 0 spiro atoms. The molecule has 7 heteroatoms. The van der Waals surface area contributed by atoms with Gasteiger partial charge in [0, 0.05) is 12.3 Å². The van der Waals surface area contributed by atoms with Gasteiger partial charge in [-0.15, -0.1) is 0 Å². The van der Waals surface area contributed by atoms with Crippen LogP contribution in [0.5, 0.6) is 0 Å². The van der Waals surface area contributed by atoms with Crippen LogP contribution in [0.1, 0.15) is 56.4 Å². The van der Waals surface area contributed by atoms with E-state index >= 15 is 0 Å². The first-order valence-corrected chi connectivity index (χ1v) is 13.3. The van der Waals surface area contributed by atoms with Crippen LogP contribution in [-0.2, 0) is 16.1 Å². The van der Waals surface area contributed by atoms with Crippen molar-refractivity contribution in [3.8, 4) is 0 Å². The lowest BCUT2D eigenvalue weighted by atomic mass is 9.84. The number of carbonyl (C=O) groups is 1. The van der Waals surface area contributed by atoms with E-state index in [4.69, 9.17) is 9.72 Å². The molecular weight excluding hydrogens is 446 g/mol. The monoisotopic (exact) mass is 477 g/mol. The highest BCUT2D eigenvalue weighted by molar-refractivity contribution is 7.99. The van der Waals surface area contributed by atoms with Crippen molar-refractivity contribution in [3.05, 3.63) is 64.4 Å². The van der Waals surface area contributed by atoms with Crippen molar-refractivity contribution >= 4 is 34.3 Å². The topological polar surface area (TPSA) is 73.2 Å². The van der Waals surface area contributed by atoms with Crippen molar-refractivity contribution in [2.24, 2.45) is 0 Å². The van der Waals surface area contributed by atoms with Gasteiger partial charge in [0.25, 0.3) is 5.56 Å². The van der Waals surface area contributed by atoms with Gasteiger partial charge in [0.1, 0.15) is 0 Å². The third-order valence-electron chi connectivity index (χ3n) is 6.84. The normalized spacial score (nSPS) is 18.9. The second kappa shape index (κ2) is 10.7. The Balaban J connectivity index is 1.27. The van der Waals surface area contributed by atoms with Crippen LogP contribution in [0, 0.1) is 0 Å². The fourth-order valence-electron chi connectivity index (χ4n) is 5.01. The van der Waals surface area contributed by atoms with Crippen molar-refractivity contribution < 1.29 is 9.53 Å². The predicted octanol–water partition coefficient (Wildman–Crippen LogP) is 5.35. The Labute approximate surface area is 204 Å². The molecule has 0 radical (unpaired) electrons. The van der Waals surface area contributed by atoms with E-state index in [-0.39, 0.29) is 23.3 Å². The summed E-state index contributed by atoms with van der Waals surface area (Å²) in [6.07, 6.45) is 8.42. The van der Waals surface area contributed by atoms with E-state index in [1.165, 1.54) is 49.4 Å². The molecule has 1 aliphatic carbocycles. The summed E-state index contributed by atoms with van der Waals surface area (Å²) >= 11 is 1.30. The molecule has 1 saturated heterocycles. The minimum absolute atomic E-state index is 0.0107.